The van der Waals surface area contributed by atoms with Gasteiger partial charge in [0.25, 0.3) is 11.5 Å². The Morgan fingerprint density at radius 1 is 1.28 bits per heavy atom. The molecule has 0 spiro atoms. The molecule has 0 aliphatic heterocycles. The highest BCUT2D eigenvalue weighted by atomic mass is 35.5. The summed E-state index contributed by atoms with van der Waals surface area (Å²) in [6.07, 6.45) is 0. The van der Waals surface area contributed by atoms with E-state index >= 15 is 0 Å². The number of carbonyl (C=O) groups is 2. The maximum atomic E-state index is 13.1. The van der Waals surface area contributed by atoms with Crippen molar-refractivity contribution in [3.05, 3.63) is 56.3 Å². The molecule has 3 amide bonds. The number of nitrogens with two attached hydrogens (primary N) is 1. The molecule has 0 radical (unpaired) electrons. The molecule has 14 heteroatoms. The molecule has 0 saturated carbocycles. The van der Waals surface area contributed by atoms with Crippen LogP contribution < -0.4 is 21.7 Å². The van der Waals surface area contributed by atoms with Crippen LogP contribution in [-0.2, 0) is 14.6 Å². The van der Waals surface area contributed by atoms with Gasteiger partial charge in [-0.05, 0) is 24.1 Å². The van der Waals surface area contributed by atoms with Crippen LogP contribution in [0.25, 0.3) is 0 Å². The number of benzene rings is 1. The first kappa shape index (κ1) is 25.0. The second kappa shape index (κ2) is 9.49. The van der Waals surface area contributed by atoms with Crippen molar-refractivity contribution in [3.63, 3.8) is 0 Å². The number of nitrogens with zero attached hydrogens (tertiary/aromatic N) is 3. The number of hydrazine groups is 1. The number of urea groups is 1. The molecule has 0 unspecified atom stereocenters. The summed E-state index contributed by atoms with van der Waals surface area (Å²) in [5.74, 6) is 4.29. The topological polar surface area (TPSA) is 179 Å². The third-order valence-corrected chi connectivity index (χ3v) is 6.64. The van der Waals surface area contributed by atoms with Crippen LogP contribution in [0.5, 0.6) is 0 Å². The molecule has 0 aliphatic carbocycles. The number of nitrogens with one attached hydrogen (secondary N) is 2. The van der Waals surface area contributed by atoms with E-state index in [2.05, 4.69) is 16.8 Å². The highest BCUT2D eigenvalue weighted by Gasteiger charge is 2.29. The SMILES string of the molecule is C=C(C#N)C(=O)NC(=O)N(N)c1cc(Cl)c(S(=O)(=O)c2cc(C(C)C)c(=O)[nH]n2)c(Cl)c1. The molecule has 1 aromatic heterocycles. The molecular formula is C18H16Cl2N6O5S. The summed E-state index contributed by atoms with van der Waals surface area (Å²) in [6.45, 7) is 6.56. The van der Waals surface area contributed by atoms with Crippen LogP contribution in [0.2, 0.25) is 10.0 Å². The summed E-state index contributed by atoms with van der Waals surface area (Å²) in [4.78, 5) is 35.0. The summed E-state index contributed by atoms with van der Waals surface area (Å²) in [5, 5.41) is 15.3. The Kier molecular flexibility index (Phi) is 7.42. The highest BCUT2D eigenvalue weighted by molar-refractivity contribution is 7.91. The molecule has 0 aliphatic rings. The van der Waals surface area contributed by atoms with Crippen LogP contribution in [0.15, 0.2) is 45.1 Å². The number of carbonyl (C=O) groups excluding carboxylic acids is 2. The van der Waals surface area contributed by atoms with E-state index in [0.717, 1.165) is 18.2 Å². The lowest BCUT2D eigenvalue weighted by Gasteiger charge is -2.18. The lowest BCUT2D eigenvalue weighted by molar-refractivity contribution is -0.116. The second-order valence-corrected chi connectivity index (χ2v) is 9.25. The highest BCUT2D eigenvalue weighted by Crippen LogP contribution is 2.36. The first-order chi connectivity index (χ1) is 14.8. The second-order valence-electron chi connectivity index (χ2n) is 6.61. The largest absolute Gasteiger partial charge is 0.343 e. The van der Waals surface area contributed by atoms with E-state index in [1.54, 1.807) is 13.8 Å². The fourth-order valence-electron chi connectivity index (χ4n) is 2.42. The molecule has 32 heavy (non-hydrogen) atoms. The minimum Gasteiger partial charge on any atom is -0.272 e. The number of imide groups is 1. The number of H-pyrrole nitrogens is 1. The molecule has 2 aromatic rings. The molecule has 0 saturated heterocycles. The number of halogens is 2. The van der Waals surface area contributed by atoms with Gasteiger partial charge in [0, 0.05) is 5.56 Å². The minimum atomic E-state index is -4.38. The van der Waals surface area contributed by atoms with Crippen LogP contribution in [0, 0.1) is 11.3 Å². The van der Waals surface area contributed by atoms with Crippen molar-refractivity contribution in [1.82, 2.24) is 15.5 Å². The Balaban J connectivity index is 2.47. The van der Waals surface area contributed by atoms with Gasteiger partial charge in [-0.3, -0.25) is 14.9 Å². The number of anilines is 1. The number of aromatic nitrogens is 2. The van der Waals surface area contributed by atoms with E-state index in [-0.39, 0.29) is 17.2 Å². The number of sulfone groups is 1. The standard InChI is InChI=1S/C18H16Cl2N6O5S/c1-8(2)11-6-14(24-25-17(11)28)32(30,31)15-12(19)4-10(5-13(15)20)26(22)18(29)23-16(27)9(3)7-21/h4-6,8H,3,22H2,1-2H3,(H,25,28)(H,23,27,29). The zero-order chi connectivity index (χ0) is 24.4. The number of hydrogen-bond acceptors (Lipinski definition) is 8. The third-order valence-electron chi connectivity index (χ3n) is 4.08. The van der Waals surface area contributed by atoms with Crippen molar-refractivity contribution < 1.29 is 18.0 Å². The summed E-state index contributed by atoms with van der Waals surface area (Å²) < 4.78 is 26.1. The molecule has 1 heterocycles. The van der Waals surface area contributed by atoms with Crippen molar-refractivity contribution >= 4 is 50.7 Å². The number of hydrogen-bond donors (Lipinski definition) is 3. The molecule has 0 atom stereocenters. The Morgan fingerprint density at radius 3 is 2.34 bits per heavy atom. The molecule has 11 nitrogen and oxygen atoms in total. The van der Waals surface area contributed by atoms with Crippen molar-refractivity contribution in [2.75, 3.05) is 5.01 Å². The first-order valence-corrected chi connectivity index (χ1v) is 10.9. The van der Waals surface area contributed by atoms with Crippen LogP contribution in [0.1, 0.15) is 25.3 Å². The van der Waals surface area contributed by atoms with Gasteiger partial charge in [0.1, 0.15) is 16.5 Å². The van der Waals surface area contributed by atoms with E-state index in [1.165, 1.54) is 6.07 Å². The summed E-state index contributed by atoms with van der Waals surface area (Å²) in [7, 11) is -4.38. The van der Waals surface area contributed by atoms with Gasteiger partial charge in [-0.25, -0.2) is 29.2 Å². The van der Waals surface area contributed by atoms with Gasteiger partial charge in [-0.15, -0.1) is 0 Å². The zero-order valence-corrected chi connectivity index (χ0v) is 19.0. The Bertz CT molecular complexity index is 1310. The lowest BCUT2D eigenvalue weighted by Crippen LogP contribution is -2.47. The zero-order valence-electron chi connectivity index (χ0n) is 16.6. The van der Waals surface area contributed by atoms with Crippen molar-refractivity contribution in [2.45, 2.75) is 29.7 Å². The third kappa shape index (κ3) is 4.97. The number of nitriles is 1. The fraction of sp³-hybridized carbons (Fsp3) is 0.167. The first-order valence-electron chi connectivity index (χ1n) is 8.64. The summed E-state index contributed by atoms with van der Waals surface area (Å²) >= 11 is 12.3. The smallest absolute Gasteiger partial charge is 0.272 e. The Morgan fingerprint density at radius 2 is 1.84 bits per heavy atom. The van der Waals surface area contributed by atoms with Crippen molar-refractivity contribution in [1.29, 1.82) is 5.26 Å². The van der Waals surface area contributed by atoms with E-state index in [0.29, 0.717) is 5.01 Å². The molecule has 4 N–H and O–H groups in total. The maximum Gasteiger partial charge on any atom is 0.343 e. The predicted molar refractivity (Wildman–Crippen MR) is 116 cm³/mol. The van der Waals surface area contributed by atoms with Gasteiger partial charge in [0.05, 0.1) is 15.7 Å². The van der Waals surface area contributed by atoms with Gasteiger partial charge < -0.3 is 0 Å². The normalized spacial score (nSPS) is 11.0. The predicted octanol–water partition coefficient (Wildman–Crippen LogP) is 2.03. The van der Waals surface area contributed by atoms with Gasteiger partial charge in [0.2, 0.25) is 9.84 Å². The van der Waals surface area contributed by atoms with Crippen molar-refractivity contribution in [2.24, 2.45) is 5.84 Å². The number of aromatic amines is 1. The quantitative estimate of drug-likeness (QED) is 0.184. The van der Waals surface area contributed by atoms with Gasteiger partial charge >= 0.3 is 6.03 Å². The van der Waals surface area contributed by atoms with Gasteiger partial charge in [-0.1, -0.05) is 43.6 Å². The van der Waals surface area contributed by atoms with Crippen LogP contribution in [0.3, 0.4) is 0 Å². The van der Waals surface area contributed by atoms with E-state index in [9.17, 15) is 22.8 Å². The van der Waals surface area contributed by atoms with Crippen LogP contribution in [-0.4, -0.2) is 30.6 Å². The average molecular weight is 499 g/mol. The lowest BCUT2D eigenvalue weighted by atomic mass is 10.1. The fourth-order valence-corrected chi connectivity index (χ4v) is 4.79. The maximum absolute atomic E-state index is 13.1. The monoisotopic (exact) mass is 498 g/mol. The molecule has 2 rings (SSSR count). The van der Waals surface area contributed by atoms with E-state index < -0.39 is 52.9 Å². The van der Waals surface area contributed by atoms with E-state index in [1.807, 2.05) is 5.32 Å². The Labute approximate surface area is 192 Å². The van der Waals surface area contributed by atoms with E-state index in [4.69, 9.17) is 34.3 Å². The number of rotatable bonds is 5. The van der Waals surface area contributed by atoms with Crippen LogP contribution in [0.4, 0.5) is 10.5 Å². The molecule has 0 fully saturated rings. The molecular weight excluding hydrogens is 483 g/mol. The molecule has 168 valence electrons. The summed E-state index contributed by atoms with van der Waals surface area (Å²) in [6, 6.07) is 3.48. The molecule has 0 bridgehead atoms. The average Bonchev–Trinajstić information content (AvgIpc) is 2.71. The molecule has 1 aromatic carbocycles. The van der Waals surface area contributed by atoms with Crippen LogP contribution >= 0.6 is 23.2 Å². The Hall–Kier alpha value is -3.24. The summed E-state index contributed by atoms with van der Waals surface area (Å²) in [5.41, 5.74) is -1.04. The number of amides is 3. The minimum absolute atomic E-state index is 0.163. The van der Waals surface area contributed by atoms with Gasteiger partial charge in [0.15, 0.2) is 5.03 Å². The van der Waals surface area contributed by atoms with Crippen molar-refractivity contribution in [3.8, 4) is 6.07 Å². The van der Waals surface area contributed by atoms with Gasteiger partial charge in [-0.2, -0.15) is 10.4 Å².